The van der Waals surface area contributed by atoms with Gasteiger partial charge in [0.25, 0.3) is 0 Å². The van der Waals surface area contributed by atoms with E-state index in [0.29, 0.717) is 25.2 Å². The number of hydrogen-bond donors (Lipinski definition) is 2. The number of carbonyl (C=O) groups is 2. The van der Waals surface area contributed by atoms with Gasteiger partial charge < -0.3 is 10.4 Å². The Morgan fingerprint density at radius 3 is 2.38 bits per heavy atom. The molecule has 1 aliphatic rings. The van der Waals surface area contributed by atoms with Gasteiger partial charge in [-0.25, -0.2) is 0 Å². The van der Waals surface area contributed by atoms with E-state index in [1.165, 1.54) is 5.56 Å². The second kappa shape index (κ2) is 6.74. The van der Waals surface area contributed by atoms with Crippen LogP contribution in [-0.4, -0.2) is 23.0 Å². The van der Waals surface area contributed by atoms with Gasteiger partial charge in [0.15, 0.2) is 0 Å². The van der Waals surface area contributed by atoms with Gasteiger partial charge in [-0.15, -0.1) is 0 Å². The summed E-state index contributed by atoms with van der Waals surface area (Å²) in [6, 6.07) is 8.42. The van der Waals surface area contributed by atoms with E-state index >= 15 is 0 Å². The third-order valence-corrected chi connectivity index (χ3v) is 4.14. The number of aliphatic carboxylic acids is 1. The van der Waals surface area contributed by atoms with Crippen molar-refractivity contribution >= 4 is 11.9 Å². The fourth-order valence-electron chi connectivity index (χ4n) is 2.56. The largest absolute Gasteiger partial charge is 0.481 e. The maximum atomic E-state index is 11.8. The van der Waals surface area contributed by atoms with Crippen molar-refractivity contribution < 1.29 is 14.7 Å². The van der Waals surface area contributed by atoms with Crippen LogP contribution >= 0.6 is 0 Å². The maximum Gasteiger partial charge on any atom is 0.306 e. The summed E-state index contributed by atoms with van der Waals surface area (Å²) in [5, 5.41) is 11.7. The van der Waals surface area contributed by atoms with Crippen LogP contribution in [0.25, 0.3) is 0 Å². The molecule has 0 aromatic heterocycles. The van der Waals surface area contributed by atoms with Crippen LogP contribution in [0, 0.1) is 5.92 Å². The van der Waals surface area contributed by atoms with E-state index in [9.17, 15) is 9.59 Å². The zero-order valence-electron chi connectivity index (χ0n) is 12.6. The number of carboxylic acid groups (broad SMARTS) is 1. The van der Waals surface area contributed by atoms with Crippen molar-refractivity contribution in [1.29, 1.82) is 0 Å². The number of rotatable bonds is 6. The van der Waals surface area contributed by atoms with Crippen LogP contribution in [0.15, 0.2) is 24.3 Å². The van der Waals surface area contributed by atoms with Gasteiger partial charge in [-0.3, -0.25) is 9.59 Å². The Balaban J connectivity index is 1.71. The van der Waals surface area contributed by atoms with Crippen LogP contribution in [0.3, 0.4) is 0 Å². The lowest BCUT2D eigenvalue weighted by atomic mass is 9.80. The number of amides is 1. The van der Waals surface area contributed by atoms with Gasteiger partial charge in [0.1, 0.15) is 0 Å². The van der Waals surface area contributed by atoms with Gasteiger partial charge in [-0.05, 0) is 36.3 Å². The molecule has 2 rings (SSSR count). The number of aryl methyl sites for hydroxylation is 1. The Kier molecular flexibility index (Phi) is 4.99. The molecule has 4 heteroatoms. The van der Waals surface area contributed by atoms with Gasteiger partial charge in [-0.1, -0.05) is 38.1 Å². The van der Waals surface area contributed by atoms with Gasteiger partial charge in [0.2, 0.25) is 5.91 Å². The quantitative estimate of drug-likeness (QED) is 0.846. The van der Waals surface area contributed by atoms with Crippen molar-refractivity contribution in [3.05, 3.63) is 35.4 Å². The lowest BCUT2D eigenvalue weighted by Crippen LogP contribution is -2.46. The highest BCUT2D eigenvalue weighted by atomic mass is 16.4. The van der Waals surface area contributed by atoms with E-state index in [0.717, 1.165) is 12.0 Å². The molecule has 0 atom stereocenters. The van der Waals surface area contributed by atoms with E-state index in [1.807, 2.05) is 0 Å². The monoisotopic (exact) mass is 289 g/mol. The van der Waals surface area contributed by atoms with Gasteiger partial charge >= 0.3 is 5.97 Å². The predicted octanol–water partition coefficient (Wildman–Crippen LogP) is 2.72. The number of carboxylic acids is 1. The van der Waals surface area contributed by atoms with Crippen LogP contribution in [0.2, 0.25) is 0 Å². The third kappa shape index (κ3) is 4.31. The fourth-order valence-corrected chi connectivity index (χ4v) is 2.56. The highest BCUT2D eigenvalue weighted by Crippen LogP contribution is 2.27. The summed E-state index contributed by atoms with van der Waals surface area (Å²) in [5.74, 6) is -0.510. The molecule has 114 valence electrons. The molecule has 0 bridgehead atoms. The van der Waals surface area contributed by atoms with Crippen molar-refractivity contribution in [2.45, 2.75) is 51.5 Å². The Hall–Kier alpha value is -1.84. The molecule has 0 spiro atoms. The first-order valence-corrected chi connectivity index (χ1v) is 7.56. The van der Waals surface area contributed by atoms with Crippen LogP contribution < -0.4 is 5.32 Å². The molecule has 2 N–H and O–H groups in total. The molecule has 1 aromatic carbocycles. The number of nitrogens with one attached hydrogen (secondary N) is 1. The molecule has 0 aliphatic heterocycles. The number of benzene rings is 1. The second-order valence-corrected chi connectivity index (χ2v) is 6.17. The summed E-state index contributed by atoms with van der Waals surface area (Å²) in [6.45, 7) is 4.32. The highest BCUT2D eigenvalue weighted by molar-refractivity contribution is 5.77. The minimum atomic E-state index is -0.759. The molecule has 1 amide bonds. The molecule has 0 radical (unpaired) electrons. The van der Waals surface area contributed by atoms with Gasteiger partial charge in [-0.2, -0.15) is 0 Å². The van der Waals surface area contributed by atoms with E-state index in [-0.39, 0.29) is 17.9 Å². The summed E-state index contributed by atoms with van der Waals surface area (Å²) in [6.07, 6.45) is 2.29. The lowest BCUT2D eigenvalue weighted by molar-refractivity contribution is -0.146. The fraction of sp³-hybridized carbons (Fsp3) is 0.529. The van der Waals surface area contributed by atoms with Gasteiger partial charge in [0, 0.05) is 12.5 Å². The zero-order valence-corrected chi connectivity index (χ0v) is 12.6. The second-order valence-electron chi connectivity index (χ2n) is 6.17. The van der Waals surface area contributed by atoms with Crippen LogP contribution in [0.5, 0.6) is 0 Å². The van der Waals surface area contributed by atoms with E-state index in [4.69, 9.17) is 5.11 Å². The molecule has 0 heterocycles. The highest BCUT2D eigenvalue weighted by Gasteiger charge is 2.34. The smallest absolute Gasteiger partial charge is 0.306 e. The summed E-state index contributed by atoms with van der Waals surface area (Å²) in [7, 11) is 0. The molecule has 1 aliphatic carbocycles. The molecule has 0 unspecified atom stereocenters. The van der Waals surface area contributed by atoms with Crippen LogP contribution in [0.1, 0.15) is 50.2 Å². The van der Waals surface area contributed by atoms with Crippen molar-refractivity contribution in [3.8, 4) is 0 Å². The molecular formula is C17H23NO3. The molecule has 0 saturated heterocycles. The Morgan fingerprint density at radius 1 is 1.24 bits per heavy atom. The summed E-state index contributed by atoms with van der Waals surface area (Å²) in [4.78, 5) is 22.5. The van der Waals surface area contributed by atoms with Gasteiger partial charge in [0.05, 0.1) is 5.92 Å². The van der Waals surface area contributed by atoms with Crippen molar-refractivity contribution in [3.63, 3.8) is 0 Å². The van der Waals surface area contributed by atoms with Crippen molar-refractivity contribution in [1.82, 2.24) is 5.32 Å². The molecule has 1 saturated carbocycles. The maximum absolute atomic E-state index is 11.8. The average molecular weight is 289 g/mol. The lowest BCUT2D eigenvalue weighted by Gasteiger charge is -2.32. The molecule has 1 aromatic rings. The minimum Gasteiger partial charge on any atom is -0.481 e. The number of hydrogen-bond acceptors (Lipinski definition) is 2. The Labute approximate surface area is 125 Å². The molecule has 4 nitrogen and oxygen atoms in total. The normalized spacial score (nSPS) is 20.9. The van der Waals surface area contributed by atoms with Crippen LogP contribution in [-0.2, 0) is 16.0 Å². The first kappa shape index (κ1) is 15.5. The third-order valence-electron chi connectivity index (χ3n) is 4.14. The van der Waals surface area contributed by atoms with Crippen molar-refractivity contribution in [2.24, 2.45) is 5.92 Å². The molecule has 1 fully saturated rings. The Bertz CT molecular complexity index is 501. The van der Waals surface area contributed by atoms with Crippen LogP contribution in [0.4, 0.5) is 0 Å². The van der Waals surface area contributed by atoms with E-state index in [1.54, 1.807) is 0 Å². The Morgan fingerprint density at radius 2 is 1.86 bits per heavy atom. The number of carbonyl (C=O) groups excluding carboxylic acids is 1. The topological polar surface area (TPSA) is 66.4 Å². The minimum absolute atomic E-state index is 0.0109. The standard InChI is InChI=1S/C17H23NO3/c1-11(2)13-6-3-12(4-7-13)5-8-16(19)18-15-9-14(10-15)17(20)21/h3-4,6-7,11,14-15H,5,8-10H2,1-2H3,(H,18,19)(H,20,21). The SMILES string of the molecule is CC(C)c1ccc(CCC(=O)NC2CC(C(=O)O)C2)cc1. The zero-order chi connectivity index (χ0) is 15.4. The van der Waals surface area contributed by atoms with Crippen molar-refractivity contribution in [2.75, 3.05) is 0 Å². The van der Waals surface area contributed by atoms with E-state index < -0.39 is 5.97 Å². The summed E-state index contributed by atoms with van der Waals surface area (Å²) < 4.78 is 0. The average Bonchev–Trinajstić information content (AvgIpc) is 2.40. The molecular weight excluding hydrogens is 266 g/mol. The molecule has 21 heavy (non-hydrogen) atoms. The summed E-state index contributed by atoms with van der Waals surface area (Å²) in [5.41, 5.74) is 2.46. The summed E-state index contributed by atoms with van der Waals surface area (Å²) >= 11 is 0. The van der Waals surface area contributed by atoms with E-state index in [2.05, 4.69) is 43.4 Å². The predicted molar refractivity (Wildman–Crippen MR) is 81.1 cm³/mol. The first-order chi connectivity index (χ1) is 9.95. The first-order valence-electron chi connectivity index (χ1n) is 7.56.